The summed E-state index contributed by atoms with van der Waals surface area (Å²) < 4.78 is 5.37. The predicted octanol–water partition coefficient (Wildman–Crippen LogP) is 4.10. The molecule has 12 heteroatoms. The highest BCUT2D eigenvalue weighted by atomic mass is 35.5. The number of benzene rings is 2. The van der Waals surface area contributed by atoms with Gasteiger partial charge in [0.05, 0.1) is 29.4 Å². The van der Waals surface area contributed by atoms with Crippen LogP contribution in [-0.2, 0) is 14.4 Å². The van der Waals surface area contributed by atoms with Crippen LogP contribution in [0.1, 0.15) is 40.5 Å². The molecule has 11 nitrogen and oxygen atoms in total. The number of rotatable bonds is 9. The highest BCUT2D eigenvalue weighted by Crippen LogP contribution is 2.31. The van der Waals surface area contributed by atoms with Crippen LogP contribution in [-0.4, -0.2) is 71.4 Å². The molecule has 42 heavy (non-hydrogen) atoms. The number of hydrogen-bond acceptors (Lipinski definition) is 8. The predicted molar refractivity (Wildman–Crippen MR) is 164 cm³/mol. The maximum Gasteiger partial charge on any atom is 0.249 e. The van der Waals surface area contributed by atoms with Gasteiger partial charge in [0, 0.05) is 18.0 Å². The van der Waals surface area contributed by atoms with E-state index in [4.69, 9.17) is 16.3 Å². The first-order valence-electron chi connectivity index (χ1n) is 13.9. The number of halogens is 1. The van der Waals surface area contributed by atoms with Gasteiger partial charge in [0.15, 0.2) is 0 Å². The number of carbonyl (C=O) groups excluding carboxylic acids is 3. The number of likely N-dealkylation sites (N-methyl/N-ethyl adjacent to an activating group) is 1. The molecular formula is C30H38ClN7O4. The molecule has 1 fully saturated rings. The number of aromatic nitrogens is 2. The van der Waals surface area contributed by atoms with Crippen molar-refractivity contribution in [2.24, 2.45) is 5.41 Å². The Balaban J connectivity index is 1.61. The smallest absolute Gasteiger partial charge is 0.249 e. The van der Waals surface area contributed by atoms with E-state index < -0.39 is 29.4 Å². The van der Waals surface area contributed by atoms with Crippen molar-refractivity contribution < 1.29 is 19.1 Å². The molecular weight excluding hydrogens is 558 g/mol. The third-order valence-corrected chi connectivity index (χ3v) is 7.66. The SMILES string of the molecule is CN[C@@H](C)C(=O)N[C@H](C(=O)N1CCCC1C(=O)Nc1nc(Nc2ccccc2Cl)c2ccc(OC)cc2n1)C(C)(C)C. The third kappa shape index (κ3) is 6.91. The molecule has 0 bridgehead atoms. The maximum atomic E-state index is 13.8. The molecule has 3 aromatic rings. The Kier molecular flexibility index (Phi) is 9.53. The topological polar surface area (TPSA) is 138 Å². The Morgan fingerprint density at radius 1 is 1.12 bits per heavy atom. The van der Waals surface area contributed by atoms with E-state index in [2.05, 4.69) is 31.2 Å². The average molecular weight is 596 g/mol. The second kappa shape index (κ2) is 12.9. The lowest BCUT2D eigenvalue weighted by Gasteiger charge is -2.35. The van der Waals surface area contributed by atoms with E-state index in [1.165, 1.54) is 0 Å². The number of likely N-dealkylation sites (tertiary alicyclic amines) is 1. The minimum atomic E-state index is -0.815. The highest BCUT2D eigenvalue weighted by molar-refractivity contribution is 6.33. The Morgan fingerprint density at radius 2 is 1.86 bits per heavy atom. The summed E-state index contributed by atoms with van der Waals surface area (Å²) in [5.74, 6) is 0.108. The van der Waals surface area contributed by atoms with Crippen molar-refractivity contribution >= 4 is 57.7 Å². The van der Waals surface area contributed by atoms with Crippen molar-refractivity contribution in [2.45, 2.75) is 58.7 Å². The molecule has 0 saturated carbocycles. The van der Waals surface area contributed by atoms with E-state index >= 15 is 0 Å². The van der Waals surface area contributed by atoms with Gasteiger partial charge in [0.1, 0.15) is 23.7 Å². The van der Waals surface area contributed by atoms with Crippen molar-refractivity contribution in [1.82, 2.24) is 25.5 Å². The number of nitrogens with one attached hydrogen (secondary N) is 4. The molecule has 3 atom stereocenters. The van der Waals surface area contributed by atoms with E-state index in [9.17, 15) is 14.4 Å². The van der Waals surface area contributed by atoms with Crippen LogP contribution in [0.3, 0.4) is 0 Å². The number of methoxy groups -OCH3 is 1. The van der Waals surface area contributed by atoms with Crippen LogP contribution in [0.25, 0.3) is 10.9 Å². The fourth-order valence-corrected chi connectivity index (χ4v) is 4.97. The minimum absolute atomic E-state index is 0.0677. The number of amides is 3. The van der Waals surface area contributed by atoms with Crippen LogP contribution < -0.4 is 26.0 Å². The standard InChI is InChI=1S/C30H38ClN7O4/c1-17(32-5)26(39)35-24(30(2,3)4)28(41)38-15-9-12-23(38)27(40)37-29-34-22-16-18(42-6)13-14-19(22)25(36-29)33-21-11-8-7-10-20(21)31/h7-8,10-11,13-14,16-17,23-24,32H,9,12,15H2,1-6H3,(H,35,39)(H2,33,34,36,37,40)/t17-,23?,24+/m0/s1. The molecule has 1 aromatic heterocycles. The van der Waals surface area contributed by atoms with Gasteiger partial charge in [0.2, 0.25) is 23.7 Å². The number of para-hydroxylation sites is 1. The first-order valence-corrected chi connectivity index (χ1v) is 14.3. The molecule has 2 heterocycles. The average Bonchev–Trinajstić information content (AvgIpc) is 3.45. The van der Waals surface area contributed by atoms with Crippen molar-refractivity contribution in [3.8, 4) is 5.75 Å². The second-order valence-electron chi connectivity index (χ2n) is 11.4. The normalized spacial score (nSPS) is 16.5. The summed E-state index contributed by atoms with van der Waals surface area (Å²) in [6.07, 6.45) is 1.12. The third-order valence-electron chi connectivity index (χ3n) is 7.33. The fourth-order valence-electron chi connectivity index (χ4n) is 4.79. The van der Waals surface area contributed by atoms with Crippen molar-refractivity contribution in [2.75, 3.05) is 31.3 Å². The van der Waals surface area contributed by atoms with Gasteiger partial charge in [-0.1, -0.05) is 44.5 Å². The van der Waals surface area contributed by atoms with Gasteiger partial charge in [-0.15, -0.1) is 0 Å². The summed E-state index contributed by atoms with van der Waals surface area (Å²) in [4.78, 5) is 50.8. The zero-order chi connectivity index (χ0) is 30.6. The lowest BCUT2D eigenvalue weighted by Crippen LogP contribution is -2.59. The molecule has 0 radical (unpaired) electrons. The number of ether oxygens (including phenoxy) is 1. The zero-order valence-corrected chi connectivity index (χ0v) is 25.5. The largest absolute Gasteiger partial charge is 0.497 e. The van der Waals surface area contributed by atoms with Gasteiger partial charge in [-0.25, -0.2) is 4.98 Å². The molecule has 0 spiro atoms. The summed E-state index contributed by atoms with van der Waals surface area (Å²) >= 11 is 6.38. The van der Waals surface area contributed by atoms with Crippen LogP contribution in [0, 0.1) is 5.41 Å². The van der Waals surface area contributed by atoms with Crippen LogP contribution in [0.2, 0.25) is 5.02 Å². The van der Waals surface area contributed by atoms with Gasteiger partial charge in [0.25, 0.3) is 0 Å². The van der Waals surface area contributed by atoms with Gasteiger partial charge in [-0.2, -0.15) is 4.98 Å². The van der Waals surface area contributed by atoms with E-state index in [-0.39, 0.29) is 17.8 Å². The van der Waals surface area contributed by atoms with Gasteiger partial charge in [-0.3, -0.25) is 19.7 Å². The minimum Gasteiger partial charge on any atom is -0.497 e. The van der Waals surface area contributed by atoms with Crippen LogP contribution >= 0.6 is 11.6 Å². The van der Waals surface area contributed by atoms with E-state index in [1.807, 2.05) is 45.0 Å². The van der Waals surface area contributed by atoms with Crippen LogP contribution in [0.15, 0.2) is 42.5 Å². The molecule has 3 amide bonds. The molecule has 224 valence electrons. The summed E-state index contributed by atoms with van der Waals surface area (Å²) in [5.41, 5.74) is 0.606. The summed E-state index contributed by atoms with van der Waals surface area (Å²) in [7, 11) is 3.24. The van der Waals surface area contributed by atoms with Crippen molar-refractivity contribution in [3.05, 3.63) is 47.5 Å². The Labute approximate surface area is 250 Å². The van der Waals surface area contributed by atoms with E-state index in [1.54, 1.807) is 44.2 Å². The van der Waals surface area contributed by atoms with Gasteiger partial charge in [-0.05, 0) is 56.5 Å². The molecule has 2 aromatic carbocycles. The monoisotopic (exact) mass is 595 g/mol. The van der Waals surface area contributed by atoms with Gasteiger partial charge < -0.3 is 25.6 Å². The Hall–Kier alpha value is -3.96. The quantitative estimate of drug-likeness (QED) is 0.290. The molecule has 4 rings (SSSR count). The summed E-state index contributed by atoms with van der Waals surface area (Å²) in [5, 5.41) is 13.0. The maximum absolute atomic E-state index is 13.8. The molecule has 1 unspecified atom stereocenters. The zero-order valence-electron chi connectivity index (χ0n) is 24.7. The summed E-state index contributed by atoms with van der Waals surface area (Å²) in [6, 6.07) is 10.6. The number of nitrogens with zero attached hydrogens (tertiary/aromatic N) is 3. The number of fused-ring (bicyclic) bond motifs is 1. The van der Waals surface area contributed by atoms with E-state index in [0.29, 0.717) is 52.6 Å². The first-order chi connectivity index (χ1) is 19.9. The molecule has 4 N–H and O–H groups in total. The Bertz CT molecular complexity index is 1480. The van der Waals surface area contributed by atoms with Crippen LogP contribution in [0.4, 0.5) is 17.5 Å². The summed E-state index contributed by atoms with van der Waals surface area (Å²) in [6.45, 7) is 7.77. The molecule has 1 saturated heterocycles. The molecule has 1 aliphatic heterocycles. The highest BCUT2D eigenvalue weighted by Gasteiger charge is 2.42. The van der Waals surface area contributed by atoms with Crippen molar-refractivity contribution in [3.63, 3.8) is 0 Å². The fraction of sp³-hybridized carbons (Fsp3) is 0.433. The van der Waals surface area contributed by atoms with Gasteiger partial charge >= 0.3 is 0 Å². The lowest BCUT2D eigenvalue weighted by molar-refractivity contribution is -0.143. The second-order valence-corrected chi connectivity index (χ2v) is 11.8. The van der Waals surface area contributed by atoms with Crippen LogP contribution in [0.5, 0.6) is 5.75 Å². The van der Waals surface area contributed by atoms with E-state index in [0.717, 1.165) is 0 Å². The Morgan fingerprint density at radius 3 is 2.52 bits per heavy atom. The number of carbonyl (C=O) groups is 3. The first kappa shape index (κ1) is 31.0. The molecule has 1 aliphatic rings. The molecule has 0 aliphatic carbocycles. The number of hydrogen-bond donors (Lipinski definition) is 4. The lowest BCUT2D eigenvalue weighted by atomic mass is 9.85. The van der Waals surface area contributed by atoms with Crippen molar-refractivity contribution in [1.29, 1.82) is 0 Å². The number of anilines is 3.